The van der Waals surface area contributed by atoms with Crippen molar-refractivity contribution in [2.75, 3.05) is 11.9 Å². The average Bonchev–Trinajstić information content (AvgIpc) is 2.52. The molecule has 26 heavy (non-hydrogen) atoms. The number of anilines is 1. The number of halogens is 3. The maximum Gasteiger partial charge on any atom is 0.416 e. The molecular weight excluding hydrogens is 365 g/mol. The molecule has 1 fully saturated rings. The van der Waals surface area contributed by atoms with Crippen molar-refractivity contribution >= 4 is 15.7 Å². The Bertz CT molecular complexity index is 710. The summed E-state index contributed by atoms with van der Waals surface area (Å²) in [4.78, 5) is 0. The SMILES string of the molecule is Cc1cc(NC[C@H]2CC[C@H](NS(=O)(=O)C(C)C)CC2)ccc1C(F)(F)F. The van der Waals surface area contributed by atoms with E-state index in [1.165, 1.54) is 19.1 Å². The summed E-state index contributed by atoms with van der Waals surface area (Å²) < 4.78 is 65.0. The first kappa shape index (κ1) is 21.0. The number of rotatable bonds is 6. The highest BCUT2D eigenvalue weighted by Crippen LogP contribution is 2.33. The molecule has 1 aromatic carbocycles. The Morgan fingerprint density at radius 1 is 1.15 bits per heavy atom. The van der Waals surface area contributed by atoms with Gasteiger partial charge in [0.2, 0.25) is 10.0 Å². The number of hydrogen-bond acceptors (Lipinski definition) is 3. The number of nitrogens with one attached hydrogen (secondary N) is 2. The van der Waals surface area contributed by atoms with Crippen molar-refractivity contribution in [1.29, 1.82) is 0 Å². The van der Waals surface area contributed by atoms with Gasteiger partial charge in [0.1, 0.15) is 0 Å². The molecule has 1 aliphatic carbocycles. The van der Waals surface area contributed by atoms with Crippen LogP contribution in [0, 0.1) is 12.8 Å². The fourth-order valence-electron chi connectivity index (χ4n) is 3.21. The molecule has 0 amide bonds. The first-order valence-electron chi connectivity index (χ1n) is 8.92. The molecule has 0 aromatic heterocycles. The summed E-state index contributed by atoms with van der Waals surface area (Å²) in [6, 6.07) is 4.06. The van der Waals surface area contributed by atoms with Crippen LogP contribution in [0.2, 0.25) is 0 Å². The van der Waals surface area contributed by atoms with Gasteiger partial charge >= 0.3 is 6.18 Å². The van der Waals surface area contributed by atoms with Crippen LogP contribution >= 0.6 is 0 Å². The predicted octanol–water partition coefficient (Wildman–Crippen LogP) is 4.31. The summed E-state index contributed by atoms with van der Waals surface area (Å²) in [7, 11) is -3.25. The van der Waals surface area contributed by atoms with Crippen molar-refractivity contribution in [3.63, 3.8) is 0 Å². The fourth-order valence-corrected chi connectivity index (χ4v) is 4.18. The Hall–Kier alpha value is -1.28. The highest BCUT2D eigenvalue weighted by molar-refractivity contribution is 7.90. The lowest BCUT2D eigenvalue weighted by atomic mass is 9.86. The zero-order valence-electron chi connectivity index (χ0n) is 15.4. The largest absolute Gasteiger partial charge is 0.416 e. The van der Waals surface area contributed by atoms with E-state index in [0.717, 1.165) is 31.7 Å². The van der Waals surface area contributed by atoms with Crippen LogP contribution in [0.15, 0.2) is 18.2 Å². The van der Waals surface area contributed by atoms with Gasteiger partial charge < -0.3 is 5.32 Å². The second kappa shape index (κ2) is 8.17. The number of alkyl halides is 3. The van der Waals surface area contributed by atoms with E-state index in [2.05, 4.69) is 10.0 Å². The highest BCUT2D eigenvalue weighted by Gasteiger charge is 2.32. The average molecular weight is 392 g/mol. The molecule has 1 aromatic rings. The number of aryl methyl sites for hydroxylation is 1. The van der Waals surface area contributed by atoms with E-state index in [9.17, 15) is 21.6 Å². The molecule has 0 heterocycles. The Labute approximate surface area is 153 Å². The molecule has 2 rings (SSSR count). The van der Waals surface area contributed by atoms with Crippen molar-refractivity contribution in [3.05, 3.63) is 29.3 Å². The Balaban J connectivity index is 1.83. The van der Waals surface area contributed by atoms with Crippen molar-refractivity contribution < 1.29 is 21.6 Å². The third kappa shape index (κ3) is 5.61. The van der Waals surface area contributed by atoms with Crippen LogP contribution < -0.4 is 10.0 Å². The van der Waals surface area contributed by atoms with E-state index in [-0.39, 0.29) is 11.6 Å². The lowest BCUT2D eigenvalue weighted by Crippen LogP contribution is -2.41. The van der Waals surface area contributed by atoms with Gasteiger partial charge in [-0.15, -0.1) is 0 Å². The van der Waals surface area contributed by atoms with Crippen LogP contribution in [0.25, 0.3) is 0 Å². The molecule has 0 radical (unpaired) electrons. The highest BCUT2D eigenvalue weighted by atomic mass is 32.2. The molecule has 8 heteroatoms. The first-order chi connectivity index (χ1) is 12.0. The van der Waals surface area contributed by atoms with Crippen molar-refractivity contribution in [3.8, 4) is 0 Å². The van der Waals surface area contributed by atoms with Gasteiger partial charge in [-0.3, -0.25) is 0 Å². The summed E-state index contributed by atoms with van der Waals surface area (Å²) in [6.07, 6.45) is -0.991. The molecular formula is C18H27F3N2O2S. The van der Waals surface area contributed by atoms with Gasteiger partial charge in [-0.2, -0.15) is 13.2 Å². The van der Waals surface area contributed by atoms with E-state index >= 15 is 0 Å². The van der Waals surface area contributed by atoms with E-state index in [0.29, 0.717) is 18.2 Å². The normalized spacial score (nSPS) is 21.8. The first-order valence-corrected chi connectivity index (χ1v) is 10.5. The van der Waals surface area contributed by atoms with E-state index in [4.69, 9.17) is 0 Å². The van der Waals surface area contributed by atoms with E-state index in [1.807, 2.05) is 0 Å². The van der Waals surface area contributed by atoms with E-state index < -0.39 is 27.0 Å². The molecule has 148 valence electrons. The van der Waals surface area contributed by atoms with Crippen LogP contribution in [0.5, 0.6) is 0 Å². The number of hydrogen-bond donors (Lipinski definition) is 2. The third-order valence-electron chi connectivity index (χ3n) is 4.92. The molecule has 0 spiro atoms. The van der Waals surface area contributed by atoms with Crippen molar-refractivity contribution in [2.45, 2.75) is 63.9 Å². The quantitative estimate of drug-likeness (QED) is 0.758. The van der Waals surface area contributed by atoms with Gasteiger partial charge in [0.05, 0.1) is 10.8 Å². The maximum atomic E-state index is 12.8. The van der Waals surface area contributed by atoms with Gasteiger partial charge in [0.15, 0.2) is 0 Å². The molecule has 2 N–H and O–H groups in total. The summed E-state index contributed by atoms with van der Waals surface area (Å²) in [5.41, 5.74) is 0.272. The lowest BCUT2D eigenvalue weighted by molar-refractivity contribution is -0.138. The predicted molar refractivity (Wildman–Crippen MR) is 97.6 cm³/mol. The number of benzene rings is 1. The molecule has 1 aliphatic rings. The van der Waals surface area contributed by atoms with Gasteiger partial charge in [0, 0.05) is 18.3 Å². The van der Waals surface area contributed by atoms with Gasteiger partial charge in [-0.05, 0) is 76.1 Å². The molecule has 4 nitrogen and oxygen atoms in total. The third-order valence-corrected chi connectivity index (χ3v) is 6.83. The molecule has 0 saturated heterocycles. The second-order valence-corrected chi connectivity index (χ2v) is 9.61. The Morgan fingerprint density at radius 3 is 2.27 bits per heavy atom. The van der Waals surface area contributed by atoms with Crippen LogP contribution in [-0.4, -0.2) is 26.3 Å². The molecule has 0 unspecified atom stereocenters. The standard InChI is InChI=1S/C18H27F3N2O2S/c1-12(2)26(24,25)23-15-6-4-14(5-7-15)11-22-16-8-9-17(13(3)10-16)18(19,20)21/h8-10,12,14-15,22-23H,4-7,11H2,1-3H3/t14-,15-. The summed E-state index contributed by atoms with van der Waals surface area (Å²) in [5, 5.41) is 2.77. The van der Waals surface area contributed by atoms with Gasteiger partial charge in [-0.25, -0.2) is 13.1 Å². The number of sulfonamides is 1. The Kier molecular flexibility index (Phi) is 6.60. The summed E-state index contributed by atoms with van der Waals surface area (Å²) in [5.74, 6) is 0.386. The zero-order chi connectivity index (χ0) is 19.5. The minimum atomic E-state index is -4.33. The molecule has 0 bridgehead atoms. The molecule has 1 saturated carbocycles. The van der Waals surface area contributed by atoms with Gasteiger partial charge in [-0.1, -0.05) is 0 Å². The summed E-state index contributed by atoms with van der Waals surface area (Å²) >= 11 is 0. The monoisotopic (exact) mass is 392 g/mol. The van der Waals surface area contributed by atoms with Crippen LogP contribution in [-0.2, 0) is 16.2 Å². The summed E-state index contributed by atoms with van der Waals surface area (Å²) in [6.45, 7) is 5.45. The van der Waals surface area contributed by atoms with Crippen LogP contribution in [0.3, 0.4) is 0 Å². The maximum absolute atomic E-state index is 12.8. The van der Waals surface area contributed by atoms with Crippen molar-refractivity contribution in [1.82, 2.24) is 4.72 Å². The smallest absolute Gasteiger partial charge is 0.385 e. The Morgan fingerprint density at radius 2 is 1.77 bits per heavy atom. The lowest BCUT2D eigenvalue weighted by Gasteiger charge is -2.29. The zero-order valence-corrected chi connectivity index (χ0v) is 16.2. The molecule has 0 atom stereocenters. The van der Waals surface area contributed by atoms with Crippen molar-refractivity contribution in [2.24, 2.45) is 5.92 Å². The second-order valence-electron chi connectivity index (χ2n) is 7.34. The minimum absolute atomic E-state index is 0.0213. The van der Waals surface area contributed by atoms with E-state index in [1.54, 1.807) is 13.8 Å². The van der Waals surface area contributed by atoms with Crippen LogP contribution in [0.4, 0.5) is 18.9 Å². The topological polar surface area (TPSA) is 58.2 Å². The minimum Gasteiger partial charge on any atom is -0.385 e. The fraction of sp³-hybridized carbons (Fsp3) is 0.667. The van der Waals surface area contributed by atoms with Crippen LogP contribution in [0.1, 0.15) is 50.7 Å². The van der Waals surface area contributed by atoms with Gasteiger partial charge in [0.25, 0.3) is 0 Å². The molecule has 0 aliphatic heterocycles.